The number of hydrogen-bond acceptors (Lipinski definition) is 6. The molecule has 1 spiro atoms. The number of amides is 1. The molecule has 0 bridgehead atoms. The Labute approximate surface area is 217 Å². The zero-order chi connectivity index (χ0) is 25.8. The van der Waals surface area contributed by atoms with Crippen molar-refractivity contribution in [3.05, 3.63) is 29.6 Å². The van der Waals surface area contributed by atoms with Crippen LogP contribution in [0.3, 0.4) is 0 Å². The molecular weight excluding hydrogens is 478 g/mol. The molecule has 37 heavy (non-hydrogen) atoms. The highest BCUT2D eigenvalue weighted by Gasteiger charge is 2.50. The maximum Gasteiger partial charge on any atom is 0.260 e. The number of fused-ring (bicyclic) bond motifs is 1. The van der Waals surface area contributed by atoms with E-state index in [2.05, 4.69) is 22.0 Å². The number of carbonyl (C=O) groups is 1. The first kappa shape index (κ1) is 25.0. The van der Waals surface area contributed by atoms with Crippen LogP contribution in [-0.2, 0) is 9.63 Å². The second kappa shape index (κ2) is 9.49. The second-order valence-electron chi connectivity index (χ2n) is 12.0. The molecule has 2 atom stereocenters. The third-order valence-corrected chi connectivity index (χ3v) is 9.43. The molecule has 1 saturated carbocycles. The van der Waals surface area contributed by atoms with Crippen LogP contribution in [0.1, 0.15) is 44.1 Å². The van der Waals surface area contributed by atoms with E-state index < -0.39 is 11.3 Å². The van der Waals surface area contributed by atoms with Crippen molar-refractivity contribution < 1.29 is 23.1 Å². The Morgan fingerprint density at radius 3 is 2.57 bits per heavy atom. The summed E-state index contributed by atoms with van der Waals surface area (Å²) in [6.45, 7) is 5.67. The van der Waals surface area contributed by atoms with Gasteiger partial charge in [0.15, 0.2) is 5.67 Å². The van der Waals surface area contributed by atoms with Crippen molar-refractivity contribution in [1.82, 2.24) is 14.7 Å². The lowest BCUT2D eigenvalue weighted by atomic mass is 9.81. The van der Waals surface area contributed by atoms with E-state index in [0.717, 1.165) is 24.3 Å². The lowest BCUT2D eigenvalue weighted by Gasteiger charge is -2.46. The molecule has 2 unspecified atom stereocenters. The highest BCUT2D eigenvalue weighted by Crippen LogP contribution is 2.48. The highest BCUT2D eigenvalue weighted by molar-refractivity contribution is 6.04. The molecule has 1 amide bonds. The number of oxime groups is 1. The molecule has 1 aliphatic carbocycles. The Bertz CT molecular complexity index is 1060. The Balaban J connectivity index is 1.02. The molecule has 5 aliphatic rings. The van der Waals surface area contributed by atoms with Crippen molar-refractivity contribution in [2.75, 3.05) is 60.0 Å². The van der Waals surface area contributed by atoms with Gasteiger partial charge in [0.05, 0.1) is 5.71 Å². The van der Waals surface area contributed by atoms with E-state index in [-0.39, 0.29) is 24.6 Å². The van der Waals surface area contributed by atoms with Gasteiger partial charge in [0.25, 0.3) is 5.91 Å². The van der Waals surface area contributed by atoms with Crippen molar-refractivity contribution in [2.45, 2.75) is 49.8 Å². The van der Waals surface area contributed by atoms with E-state index in [1.807, 2.05) is 0 Å². The van der Waals surface area contributed by atoms with E-state index in [1.165, 1.54) is 38.8 Å². The fraction of sp³-hybridized carbons (Fsp3) is 0.714. The topological polar surface area (TPSA) is 57.6 Å². The lowest BCUT2D eigenvalue weighted by Crippen LogP contribution is -2.57. The standard InChI is InChI=1S/C28H38F2N4O3/c1-32-16-20(17-32)22-13-19(22)18-33-9-7-28(30,8-10-33)26(35)34-11-5-27(6-12-34)15-24(31-36-2)23-14-21(29)3-4-25(23)37-27/h3-4,14,19-20,22H,5-13,15-18H2,1-2H3/b31-24+. The summed E-state index contributed by atoms with van der Waals surface area (Å²) < 4.78 is 36.1. The maximum absolute atomic E-state index is 15.9. The van der Waals surface area contributed by atoms with E-state index in [1.54, 1.807) is 11.0 Å². The smallest absolute Gasteiger partial charge is 0.260 e. The van der Waals surface area contributed by atoms with E-state index in [4.69, 9.17) is 9.57 Å². The molecule has 3 saturated heterocycles. The van der Waals surface area contributed by atoms with Crippen LogP contribution >= 0.6 is 0 Å². The summed E-state index contributed by atoms with van der Waals surface area (Å²) in [4.78, 5) is 24.8. The van der Waals surface area contributed by atoms with E-state index in [0.29, 0.717) is 62.5 Å². The van der Waals surface area contributed by atoms with Gasteiger partial charge in [-0.15, -0.1) is 0 Å². The van der Waals surface area contributed by atoms with E-state index >= 15 is 4.39 Å². The minimum atomic E-state index is -1.78. The van der Waals surface area contributed by atoms with Crippen LogP contribution in [0.15, 0.2) is 23.4 Å². The van der Waals surface area contributed by atoms with Crippen molar-refractivity contribution in [2.24, 2.45) is 22.9 Å². The number of hydrogen-bond donors (Lipinski definition) is 0. The van der Waals surface area contributed by atoms with Crippen molar-refractivity contribution >= 4 is 11.6 Å². The predicted octanol–water partition coefficient (Wildman–Crippen LogP) is 3.32. The van der Waals surface area contributed by atoms with Crippen LogP contribution in [0.4, 0.5) is 8.78 Å². The molecule has 4 aliphatic heterocycles. The average molecular weight is 517 g/mol. The Hall–Kier alpha value is -2.26. The molecule has 0 N–H and O–H groups in total. The summed E-state index contributed by atoms with van der Waals surface area (Å²) in [7, 11) is 3.65. The fourth-order valence-electron chi connectivity index (χ4n) is 7.07. The SMILES string of the molecule is CO/N=C1\CC2(CCN(C(=O)C3(F)CCN(CC4CC4C4CN(C)C4)CC3)CC2)Oc2ccc(F)cc21. The average Bonchev–Trinajstić information content (AvgIpc) is 3.63. The van der Waals surface area contributed by atoms with Gasteiger partial charge in [0, 0.05) is 83.5 Å². The Kier molecular flexibility index (Phi) is 6.42. The molecule has 4 heterocycles. The van der Waals surface area contributed by atoms with Crippen molar-refractivity contribution in [3.63, 3.8) is 0 Å². The van der Waals surface area contributed by atoms with Crippen LogP contribution in [0.5, 0.6) is 5.75 Å². The summed E-state index contributed by atoms with van der Waals surface area (Å²) in [6.07, 6.45) is 3.46. The van der Waals surface area contributed by atoms with Gasteiger partial charge in [-0.25, -0.2) is 8.78 Å². The van der Waals surface area contributed by atoms with Crippen molar-refractivity contribution in [1.29, 1.82) is 0 Å². The molecule has 4 fully saturated rings. The minimum Gasteiger partial charge on any atom is -0.486 e. The van der Waals surface area contributed by atoms with Gasteiger partial charge in [0.1, 0.15) is 24.3 Å². The zero-order valence-electron chi connectivity index (χ0n) is 21.9. The number of ether oxygens (including phenoxy) is 1. The number of piperidine rings is 2. The van der Waals surface area contributed by atoms with Crippen LogP contribution in [0.2, 0.25) is 0 Å². The second-order valence-corrected chi connectivity index (χ2v) is 12.0. The largest absolute Gasteiger partial charge is 0.486 e. The van der Waals surface area contributed by atoms with Gasteiger partial charge < -0.3 is 24.3 Å². The first-order chi connectivity index (χ1) is 17.8. The highest BCUT2D eigenvalue weighted by atomic mass is 19.1. The number of rotatable bonds is 5. The first-order valence-electron chi connectivity index (χ1n) is 13.8. The van der Waals surface area contributed by atoms with Crippen molar-refractivity contribution in [3.8, 4) is 5.75 Å². The summed E-state index contributed by atoms with van der Waals surface area (Å²) in [6, 6.07) is 4.40. The molecule has 1 aromatic rings. The number of halogens is 2. The Morgan fingerprint density at radius 2 is 1.89 bits per heavy atom. The number of benzene rings is 1. The van der Waals surface area contributed by atoms with Gasteiger partial charge in [-0.2, -0.15) is 0 Å². The summed E-state index contributed by atoms with van der Waals surface area (Å²) in [5.74, 6) is 2.29. The van der Waals surface area contributed by atoms with Crippen LogP contribution in [-0.4, -0.2) is 97.6 Å². The molecule has 1 aromatic carbocycles. The lowest BCUT2D eigenvalue weighted by molar-refractivity contribution is -0.151. The first-order valence-corrected chi connectivity index (χ1v) is 13.8. The molecule has 0 aromatic heterocycles. The normalized spacial score (nSPS) is 30.5. The third kappa shape index (κ3) is 4.85. The van der Waals surface area contributed by atoms with Gasteiger partial charge in [-0.3, -0.25) is 4.79 Å². The fourth-order valence-corrected chi connectivity index (χ4v) is 7.07. The zero-order valence-corrected chi connectivity index (χ0v) is 21.9. The quantitative estimate of drug-likeness (QED) is 0.562. The molecule has 0 radical (unpaired) electrons. The van der Waals surface area contributed by atoms with Gasteiger partial charge in [-0.05, 0) is 49.4 Å². The van der Waals surface area contributed by atoms with E-state index in [9.17, 15) is 9.18 Å². The monoisotopic (exact) mass is 516 g/mol. The minimum absolute atomic E-state index is 0.275. The van der Waals surface area contributed by atoms with Crippen LogP contribution in [0.25, 0.3) is 0 Å². The number of likely N-dealkylation sites (tertiary alicyclic amines) is 3. The Morgan fingerprint density at radius 1 is 1.16 bits per heavy atom. The molecule has 9 heteroatoms. The van der Waals surface area contributed by atoms with Gasteiger partial charge in [0.2, 0.25) is 0 Å². The number of carbonyl (C=O) groups excluding carboxylic acids is 1. The summed E-state index contributed by atoms with van der Waals surface area (Å²) in [5.41, 5.74) is -1.10. The van der Waals surface area contributed by atoms with Crippen LogP contribution < -0.4 is 4.74 Å². The predicted molar refractivity (Wildman–Crippen MR) is 136 cm³/mol. The molecule has 7 nitrogen and oxygen atoms in total. The third-order valence-electron chi connectivity index (χ3n) is 9.43. The van der Waals surface area contributed by atoms with Crippen LogP contribution in [0, 0.1) is 23.6 Å². The summed E-state index contributed by atoms with van der Waals surface area (Å²) >= 11 is 0. The number of nitrogens with zero attached hydrogens (tertiary/aromatic N) is 4. The van der Waals surface area contributed by atoms with Gasteiger partial charge >= 0.3 is 0 Å². The summed E-state index contributed by atoms with van der Waals surface area (Å²) in [5, 5.41) is 4.13. The van der Waals surface area contributed by atoms with Gasteiger partial charge in [-0.1, -0.05) is 5.16 Å². The molecule has 6 rings (SSSR count). The molecule has 202 valence electrons. The molecular formula is C28H38F2N4O3. The maximum atomic E-state index is 15.9. The number of alkyl halides is 1.